The van der Waals surface area contributed by atoms with Crippen molar-refractivity contribution in [3.05, 3.63) is 88.6 Å². The zero-order valence-electron chi connectivity index (χ0n) is 24.2. The van der Waals surface area contributed by atoms with E-state index in [-0.39, 0.29) is 30.0 Å². The van der Waals surface area contributed by atoms with Crippen LogP contribution in [0.1, 0.15) is 76.3 Å². The molecule has 2 fully saturated rings. The molecule has 4 heterocycles. The van der Waals surface area contributed by atoms with E-state index in [0.29, 0.717) is 36.5 Å². The minimum atomic E-state index is -0.952. The van der Waals surface area contributed by atoms with Crippen LogP contribution in [0, 0.1) is 5.82 Å². The first-order chi connectivity index (χ1) is 20.9. The summed E-state index contributed by atoms with van der Waals surface area (Å²) in [6.07, 6.45) is 3.29. The molecule has 224 valence electrons. The van der Waals surface area contributed by atoms with Crippen molar-refractivity contribution in [1.82, 2.24) is 19.4 Å². The van der Waals surface area contributed by atoms with Gasteiger partial charge in [0.05, 0.1) is 35.8 Å². The number of carbonyl (C=O) groups is 2. The maximum Gasteiger partial charge on any atom is 0.335 e. The van der Waals surface area contributed by atoms with Gasteiger partial charge in [-0.25, -0.2) is 19.2 Å². The molecule has 2 aromatic carbocycles. The van der Waals surface area contributed by atoms with Crippen LogP contribution in [-0.2, 0) is 24.4 Å². The third kappa shape index (κ3) is 6.45. The summed E-state index contributed by atoms with van der Waals surface area (Å²) in [6.45, 7) is 5.61. The minimum Gasteiger partial charge on any atom is -0.478 e. The third-order valence-electron chi connectivity index (χ3n) is 8.44. The topological polar surface area (TPSA) is 107 Å². The summed E-state index contributed by atoms with van der Waals surface area (Å²) >= 11 is 0. The molecule has 10 heteroatoms. The van der Waals surface area contributed by atoms with Gasteiger partial charge in [-0.05, 0) is 62.7 Å². The van der Waals surface area contributed by atoms with Crippen molar-refractivity contribution in [1.29, 1.82) is 0 Å². The summed E-state index contributed by atoms with van der Waals surface area (Å²) in [5.41, 5.74) is 3.57. The van der Waals surface area contributed by atoms with E-state index in [1.807, 2.05) is 12.1 Å². The van der Waals surface area contributed by atoms with Crippen LogP contribution >= 0.6 is 0 Å². The largest absolute Gasteiger partial charge is 0.478 e. The Kier molecular flexibility index (Phi) is 8.49. The van der Waals surface area contributed by atoms with E-state index in [1.54, 1.807) is 43.3 Å². The monoisotopic (exact) mass is 586 g/mol. The van der Waals surface area contributed by atoms with Crippen molar-refractivity contribution in [2.75, 3.05) is 19.7 Å². The summed E-state index contributed by atoms with van der Waals surface area (Å²) in [4.78, 5) is 35.4. The number of pyridine rings is 1. The van der Waals surface area contributed by atoms with Gasteiger partial charge in [0.2, 0.25) is 5.88 Å². The number of Topliss-reactive ketones (excluding diaryl/α,β-unsaturated/α-hetero) is 1. The van der Waals surface area contributed by atoms with E-state index in [9.17, 15) is 19.1 Å². The molecule has 0 aliphatic carbocycles. The number of ketones is 1. The van der Waals surface area contributed by atoms with Gasteiger partial charge in [-0.15, -0.1) is 0 Å². The first-order valence-corrected chi connectivity index (χ1v) is 14.9. The lowest BCUT2D eigenvalue weighted by molar-refractivity contribution is -0.0592. The molecule has 2 saturated heterocycles. The molecule has 2 aliphatic heterocycles. The second-order valence-corrected chi connectivity index (χ2v) is 11.3. The molecule has 6 rings (SSSR count). The maximum atomic E-state index is 14.5. The number of carboxylic acids is 1. The van der Waals surface area contributed by atoms with Gasteiger partial charge in [0.1, 0.15) is 18.2 Å². The van der Waals surface area contributed by atoms with Crippen LogP contribution in [0.2, 0.25) is 0 Å². The van der Waals surface area contributed by atoms with E-state index >= 15 is 0 Å². The number of hydrogen-bond donors (Lipinski definition) is 1. The Balaban J connectivity index is 1.09. The number of halogens is 1. The Hall–Kier alpha value is -4.15. The summed E-state index contributed by atoms with van der Waals surface area (Å²) in [5, 5.41) is 9.50. The number of carbonyl (C=O) groups excluding carboxylic acids is 1. The van der Waals surface area contributed by atoms with Gasteiger partial charge in [-0.1, -0.05) is 25.1 Å². The molecule has 1 unspecified atom stereocenters. The highest BCUT2D eigenvalue weighted by atomic mass is 19.1. The molecule has 4 aromatic rings. The number of imidazole rings is 1. The normalized spacial score (nSPS) is 17.6. The lowest BCUT2D eigenvalue weighted by atomic mass is 9.93. The Morgan fingerprint density at radius 3 is 2.53 bits per heavy atom. The van der Waals surface area contributed by atoms with Crippen molar-refractivity contribution in [3.8, 4) is 5.88 Å². The van der Waals surface area contributed by atoms with Crippen LogP contribution in [-0.4, -0.2) is 62.1 Å². The third-order valence-corrected chi connectivity index (χ3v) is 8.44. The Bertz CT molecular complexity index is 1640. The number of piperidine rings is 1. The number of hydrogen-bond acceptors (Lipinski definition) is 7. The number of aromatic carboxylic acids is 1. The fourth-order valence-electron chi connectivity index (χ4n) is 5.78. The molecule has 43 heavy (non-hydrogen) atoms. The summed E-state index contributed by atoms with van der Waals surface area (Å²) in [6, 6.07) is 15.3. The fourth-order valence-corrected chi connectivity index (χ4v) is 5.78. The lowest BCUT2D eigenvalue weighted by Crippen LogP contribution is -2.35. The number of nitrogens with zero attached hydrogens (tertiary/aromatic N) is 4. The molecular formula is C33H35FN4O5. The molecule has 9 nitrogen and oxygen atoms in total. The molecule has 0 spiro atoms. The molecule has 1 atom stereocenters. The van der Waals surface area contributed by atoms with Crippen LogP contribution in [0.25, 0.3) is 11.0 Å². The smallest absolute Gasteiger partial charge is 0.335 e. The molecule has 1 N–H and O–H groups in total. The molecule has 2 aromatic heterocycles. The van der Waals surface area contributed by atoms with Gasteiger partial charge in [0, 0.05) is 41.8 Å². The molecule has 0 radical (unpaired) electrons. The van der Waals surface area contributed by atoms with E-state index in [1.165, 1.54) is 6.07 Å². The first-order valence-electron chi connectivity index (χ1n) is 14.9. The maximum absolute atomic E-state index is 14.5. The molecular weight excluding hydrogens is 551 g/mol. The van der Waals surface area contributed by atoms with Crippen molar-refractivity contribution in [3.63, 3.8) is 0 Å². The molecule has 0 saturated carbocycles. The van der Waals surface area contributed by atoms with Crippen LogP contribution in [0.15, 0.2) is 54.6 Å². The van der Waals surface area contributed by atoms with Crippen molar-refractivity contribution in [2.45, 2.75) is 64.3 Å². The number of likely N-dealkylation sites (tertiary alicyclic amines) is 1. The standard InChI is InChI=1S/C33H35FN4O5/c1-2-30(39)22-6-7-24(26(34)16-22)20-43-32-5-3-4-27(36-32)21-10-13-37(14-11-21)19-31-35-28-9-8-23(33(40)41)17-29(28)38(31)18-25-12-15-42-25/h3-9,16-17,21,25H,2,10-15,18-20H2,1H3,(H,40,41). The lowest BCUT2D eigenvalue weighted by Gasteiger charge is -2.32. The number of aromatic nitrogens is 3. The quantitative estimate of drug-likeness (QED) is 0.226. The molecule has 2 aliphatic rings. The highest BCUT2D eigenvalue weighted by Crippen LogP contribution is 2.30. The second-order valence-electron chi connectivity index (χ2n) is 11.3. The molecule has 0 bridgehead atoms. The van der Waals surface area contributed by atoms with E-state index in [2.05, 4.69) is 9.47 Å². The zero-order chi connectivity index (χ0) is 29.9. The number of benzene rings is 2. The number of rotatable bonds is 11. The number of carboxylic acid groups (broad SMARTS) is 1. The minimum absolute atomic E-state index is 0.0299. The summed E-state index contributed by atoms with van der Waals surface area (Å²) < 4.78 is 28.2. The van der Waals surface area contributed by atoms with Crippen LogP contribution in [0.5, 0.6) is 5.88 Å². The number of fused-ring (bicyclic) bond motifs is 1. The van der Waals surface area contributed by atoms with Crippen molar-refractivity contribution in [2.24, 2.45) is 0 Å². The van der Waals surface area contributed by atoms with Gasteiger partial charge in [-0.3, -0.25) is 9.69 Å². The van der Waals surface area contributed by atoms with Gasteiger partial charge in [0.25, 0.3) is 0 Å². The summed E-state index contributed by atoms with van der Waals surface area (Å²) in [7, 11) is 0. The first kappa shape index (κ1) is 28.9. The van der Waals surface area contributed by atoms with Gasteiger partial charge >= 0.3 is 5.97 Å². The average molecular weight is 587 g/mol. The summed E-state index contributed by atoms with van der Waals surface area (Å²) in [5.74, 6) is 0.130. The predicted molar refractivity (Wildman–Crippen MR) is 158 cm³/mol. The zero-order valence-corrected chi connectivity index (χ0v) is 24.2. The van der Waals surface area contributed by atoms with Gasteiger partial charge in [0.15, 0.2) is 5.78 Å². The Morgan fingerprint density at radius 2 is 1.84 bits per heavy atom. The average Bonchev–Trinajstić information content (AvgIpc) is 3.34. The van der Waals surface area contributed by atoms with Crippen LogP contribution in [0.3, 0.4) is 0 Å². The number of ether oxygens (including phenoxy) is 2. The van der Waals surface area contributed by atoms with E-state index in [4.69, 9.17) is 19.4 Å². The second kappa shape index (κ2) is 12.6. The highest BCUT2D eigenvalue weighted by molar-refractivity contribution is 5.95. The van der Waals surface area contributed by atoms with Crippen molar-refractivity contribution >= 4 is 22.8 Å². The van der Waals surface area contributed by atoms with Crippen molar-refractivity contribution < 1.29 is 28.6 Å². The van der Waals surface area contributed by atoms with Gasteiger partial charge < -0.3 is 19.1 Å². The Morgan fingerprint density at radius 1 is 1.05 bits per heavy atom. The highest BCUT2D eigenvalue weighted by Gasteiger charge is 2.26. The predicted octanol–water partition coefficient (Wildman–Crippen LogP) is 5.61. The molecule has 0 amide bonds. The van der Waals surface area contributed by atoms with Crippen LogP contribution in [0.4, 0.5) is 4.39 Å². The fraction of sp³-hybridized carbons (Fsp3) is 0.394. The van der Waals surface area contributed by atoms with E-state index in [0.717, 1.165) is 61.5 Å². The Labute approximate surface area is 249 Å². The van der Waals surface area contributed by atoms with Gasteiger partial charge in [-0.2, -0.15) is 0 Å². The van der Waals surface area contributed by atoms with E-state index < -0.39 is 11.8 Å². The SMILES string of the molecule is CCC(=O)c1ccc(COc2cccc(C3CCN(Cc4nc5ccc(C(=O)O)cc5n4CC4CCO4)CC3)n2)c(F)c1. The van der Waals surface area contributed by atoms with Crippen LogP contribution < -0.4 is 4.74 Å².